The van der Waals surface area contributed by atoms with Gasteiger partial charge in [0.1, 0.15) is 34.9 Å². The Balaban J connectivity index is 2.18. The number of benzene rings is 3. The summed E-state index contributed by atoms with van der Waals surface area (Å²) < 4.78 is 5.63. The van der Waals surface area contributed by atoms with Crippen LogP contribution in [0.25, 0.3) is 0 Å². The number of hydrogen-bond donors (Lipinski definition) is 0. The molecule has 0 amide bonds. The van der Waals surface area contributed by atoms with Crippen molar-refractivity contribution in [3.8, 4) is 0 Å². The van der Waals surface area contributed by atoms with E-state index in [9.17, 15) is 4.79 Å². The minimum atomic E-state index is -2.13. The van der Waals surface area contributed by atoms with E-state index >= 15 is 0 Å². The van der Waals surface area contributed by atoms with Crippen molar-refractivity contribution in [2.45, 2.75) is 26.4 Å². The molecule has 0 fully saturated rings. The quantitative estimate of drug-likeness (QED) is 0.333. The molecule has 0 aromatic heterocycles. The number of carbonyl (C=O) groups excluding carboxylic acids is 1. The summed E-state index contributed by atoms with van der Waals surface area (Å²) in [5.74, 6) is -0.329. The van der Waals surface area contributed by atoms with Crippen LogP contribution in [0, 0.1) is 0 Å². The van der Waals surface area contributed by atoms with Gasteiger partial charge < -0.3 is 4.74 Å². The summed E-state index contributed by atoms with van der Waals surface area (Å²) >= 11 is 0. The van der Waals surface area contributed by atoms with E-state index in [4.69, 9.17) is 4.74 Å². The lowest BCUT2D eigenvalue weighted by molar-refractivity contribution is -0.149. The largest absolute Gasteiger partial charge is 0.457 e. The highest BCUT2D eigenvalue weighted by Crippen LogP contribution is 2.56. The zero-order valence-corrected chi connectivity index (χ0v) is 18.2. The minimum Gasteiger partial charge on any atom is -0.457 e. The average Bonchev–Trinajstić information content (AvgIpc) is 2.72. The van der Waals surface area contributed by atoms with Crippen LogP contribution in [0.5, 0.6) is 0 Å². The average molecular weight is 403 g/mol. The van der Waals surface area contributed by atoms with Gasteiger partial charge in [0.05, 0.1) is 5.57 Å². The Morgan fingerprint density at radius 3 is 1.41 bits per heavy atom. The SMILES string of the molecule is C=C(C[P+](c1ccccc1)(c1ccccc1)c1ccccc1)C(=O)OC(C)(C)C. The first kappa shape index (κ1) is 21.0. The van der Waals surface area contributed by atoms with Crippen molar-refractivity contribution >= 4 is 29.1 Å². The highest BCUT2D eigenvalue weighted by Gasteiger charge is 2.46. The lowest BCUT2D eigenvalue weighted by Crippen LogP contribution is -2.35. The summed E-state index contributed by atoms with van der Waals surface area (Å²) in [5, 5.41) is 3.67. The number of esters is 1. The minimum absolute atomic E-state index is 0.329. The third kappa shape index (κ3) is 4.83. The molecule has 3 heteroatoms. The lowest BCUT2D eigenvalue weighted by Gasteiger charge is -2.28. The second-order valence-corrected chi connectivity index (χ2v) is 11.6. The molecule has 0 aliphatic rings. The normalized spacial score (nSPS) is 11.7. The predicted octanol–water partition coefficient (Wildman–Crippen LogP) is 4.88. The predicted molar refractivity (Wildman–Crippen MR) is 125 cm³/mol. The maximum absolute atomic E-state index is 12.8. The number of carbonyl (C=O) groups is 1. The van der Waals surface area contributed by atoms with Crippen molar-refractivity contribution in [2.24, 2.45) is 0 Å². The monoisotopic (exact) mass is 403 g/mol. The van der Waals surface area contributed by atoms with Gasteiger partial charge in [0, 0.05) is 0 Å². The van der Waals surface area contributed by atoms with Crippen molar-refractivity contribution in [1.82, 2.24) is 0 Å². The van der Waals surface area contributed by atoms with E-state index < -0.39 is 12.9 Å². The molecule has 0 unspecified atom stereocenters. The van der Waals surface area contributed by atoms with Crippen LogP contribution >= 0.6 is 7.26 Å². The molecule has 3 aromatic carbocycles. The van der Waals surface area contributed by atoms with Crippen molar-refractivity contribution in [1.29, 1.82) is 0 Å². The van der Waals surface area contributed by atoms with E-state index in [-0.39, 0.29) is 5.97 Å². The standard InChI is InChI=1S/C26H28O2P/c1-21(25(27)28-26(2,3)4)20-29(22-14-8-5-9-15-22,23-16-10-6-11-17-23)24-18-12-7-13-19-24/h5-19H,1,20H2,2-4H3/q+1. The summed E-state index contributed by atoms with van der Waals surface area (Å²) in [6.45, 7) is 9.80. The van der Waals surface area contributed by atoms with Crippen LogP contribution in [-0.4, -0.2) is 17.7 Å². The Labute approximate surface area is 174 Å². The fraction of sp³-hybridized carbons (Fsp3) is 0.192. The second-order valence-electron chi connectivity index (χ2n) is 8.08. The maximum atomic E-state index is 12.8. The van der Waals surface area contributed by atoms with Crippen LogP contribution in [0.15, 0.2) is 103 Å². The molecule has 0 spiro atoms. The van der Waals surface area contributed by atoms with Gasteiger partial charge in [-0.05, 0) is 57.2 Å². The molecule has 0 atom stereocenters. The van der Waals surface area contributed by atoms with Crippen molar-refractivity contribution < 1.29 is 9.53 Å². The van der Waals surface area contributed by atoms with Gasteiger partial charge in [-0.3, -0.25) is 0 Å². The number of hydrogen-bond acceptors (Lipinski definition) is 2. The van der Waals surface area contributed by atoms with Crippen molar-refractivity contribution in [3.05, 3.63) is 103 Å². The maximum Gasteiger partial charge on any atom is 0.337 e. The van der Waals surface area contributed by atoms with Crippen molar-refractivity contribution in [3.63, 3.8) is 0 Å². The van der Waals surface area contributed by atoms with Gasteiger partial charge in [0.15, 0.2) is 0 Å². The first-order valence-corrected chi connectivity index (χ1v) is 11.8. The highest BCUT2D eigenvalue weighted by atomic mass is 31.2. The van der Waals surface area contributed by atoms with Crippen LogP contribution < -0.4 is 15.9 Å². The summed E-state index contributed by atoms with van der Waals surface area (Å²) in [6.07, 6.45) is 0.542. The molecule has 0 heterocycles. The topological polar surface area (TPSA) is 26.3 Å². The van der Waals surface area contributed by atoms with E-state index in [0.717, 1.165) is 0 Å². The fourth-order valence-electron chi connectivity index (χ4n) is 3.47. The van der Waals surface area contributed by atoms with Crippen LogP contribution in [0.1, 0.15) is 20.8 Å². The Morgan fingerprint density at radius 1 is 0.759 bits per heavy atom. The van der Waals surface area contributed by atoms with Crippen LogP contribution in [0.3, 0.4) is 0 Å². The molecule has 0 saturated carbocycles. The second kappa shape index (κ2) is 8.76. The molecular formula is C26H28O2P+. The Kier molecular flexibility index (Phi) is 6.35. The van der Waals surface area contributed by atoms with Gasteiger partial charge in [-0.15, -0.1) is 0 Å². The van der Waals surface area contributed by atoms with E-state index in [0.29, 0.717) is 11.7 Å². The molecule has 0 N–H and O–H groups in total. The smallest absolute Gasteiger partial charge is 0.337 e. The number of rotatable bonds is 6. The first-order chi connectivity index (χ1) is 13.8. The van der Waals surface area contributed by atoms with E-state index in [2.05, 4.69) is 79.4 Å². The van der Waals surface area contributed by atoms with Crippen LogP contribution in [0.4, 0.5) is 0 Å². The zero-order valence-electron chi connectivity index (χ0n) is 17.3. The Morgan fingerprint density at radius 2 is 1.10 bits per heavy atom. The summed E-state index contributed by atoms with van der Waals surface area (Å²) in [4.78, 5) is 12.8. The third-order valence-electron chi connectivity index (χ3n) is 4.71. The van der Waals surface area contributed by atoms with Crippen LogP contribution in [0.2, 0.25) is 0 Å². The van der Waals surface area contributed by atoms with E-state index in [1.54, 1.807) is 0 Å². The molecule has 0 radical (unpaired) electrons. The first-order valence-electron chi connectivity index (χ1n) is 9.79. The molecule has 0 aliphatic heterocycles. The summed E-state index contributed by atoms with van der Waals surface area (Å²) in [5.41, 5.74) is -0.0438. The number of ether oxygens (including phenoxy) is 1. The van der Waals surface area contributed by atoms with E-state index in [1.165, 1.54) is 15.9 Å². The molecule has 0 bridgehead atoms. The van der Waals surface area contributed by atoms with E-state index in [1.807, 2.05) is 39.0 Å². The van der Waals surface area contributed by atoms with Gasteiger partial charge in [0.2, 0.25) is 0 Å². The zero-order chi connectivity index (χ0) is 20.9. The molecular weight excluding hydrogens is 375 g/mol. The van der Waals surface area contributed by atoms with Crippen molar-refractivity contribution in [2.75, 3.05) is 6.16 Å². The highest BCUT2D eigenvalue weighted by molar-refractivity contribution is 7.95. The van der Waals surface area contributed by atoms with Gasteiger partial charge in [-0.1, -0.05) is 61.2 Å². The van der Waals surface area contributed by atoms with Gasteiger partial charge >= 0.3 is 5.97 Å². The molecule has 2 nitrogen and oxygen atoms in total. The van der Waals surface area contributed by atoms with Gasteiger partial charge in [0.25, 0.3) is 0 Å². The lowest BCUT2D eigenvalue weighted by atomic mass is 10.2. The molecule has 0 saturated heterocycles. The Bertz CT molecular complexity index is 861. The molecule has 0 aliphatic carbocycles. The summed E-state index contributed by atoms with van der Waals surface area (Å²) in [6, 6.07) is 31.4. The molecule has 3 aromatic rings. The molecule has 148 valence electrons. The van der Waals surface area contributed by atoms with Gasteiger partial charge in [-0.25, -0.2) is 4.79 Å². The van der Waals surface area contributed by atoms with Crippen LogP contribution in [-0.2, 0) is 9.53 Å². The Hall–Kier alpha value is -2.70. The summed E-state index contributed by atoms with van der Waals surface area (Å²) in [7, 11) is -2.13. The van der Waals surface area contributed by atoms with Gasteiger partial charge in [-0.2, -0.15) is 0 Å². The molecule has 3 rings (SSSR count). The third-order valence-corrected chi connectivity index (χ3v) is 9.10. The fourth-order valence-corrected chi connectivity index (χ4v) is 7.66. The molecule has 29 heavy (non-hydrogen) atoms.